The van der Waals surface area contributed by atoms with Crippen LogP contribution in [0.3, 0.4) is 0 Å². The third kappa shape index (κ3) is 3.55. The molecule has 1 aromatic rings. The molecule has 3 rings (SSSR count). The van der Waals surface area contributed by atoms with E-state index in [1.807, 2.05) is 26.8 Å². The number of benzene rings is 1. The van der Waals surface area contributed by atoms with Gasteiger partial charge in [-0.2, -0.15) is 0 Å². The molecule has 5 nitrogen and oxygen atoms in total. The molecule has 2 heterocycles. The molecule has 0 aromatic heterocycles. The van der Waals surface area contributed by atoms with Crippen molar-refractivity contribution in [2.75, 3.05) is 24.5 Å². The molecule has 0 radical (unpaired) electrons. The van der Waals surface area contributed by atoms with Crippen LogP contribution in [0.4, 0.5) is 5.69 Å². The zero-order valence-electron chi connectivity index (χ0n) is 15.6. The fourth-order valence-corrected chi connectivity index (χ4v) is 3.37. The highest BCUT2D eigenvalue weighted by molar-refractivity contribution is 6.11. The first-order valence-corrected chi connectivity index (χ1v) is 9.20. The van der Waals surface area contributed by atoms with Gasteiger partial charge < -0.3 is 9.64 Å². The van der Waals surface area contributed by atoms with Gasteiger partial charge in [0.05, 0.1) is 0 Å². The number of ether oxygens (including phenoxy) is 1. The molecule has 5 heteroatoms. The number of anilines is 1. The molecular formula is C20H27N3O2. The van der Waals surface area contributed by atoms with Crippen LogP contribution >= 0.6 is 0 Å². The monoisotopic (exact) mass is 341 g/mol. The van der Waals surface area contributed by atoms with Gasteiger partial charge in [-0.3, -0.25) is 9.69 Å². The fraction of sp³-hybridized carbons (Fsp3) is 0.500. The number of nitrogens with zero attached hydrogens (tertiary/aromatic N) is 3. The molecule has 0 N–H and O–H groups in total. The van der Waals surface area contributed by atoms with Crippen molar-refractivity contribution in [1.29, 1.82) is 0 Å². The number of amides is 1. The Kier molecular flexibility index (Phi) is 5.11. The minimum absolute atomic E-state index is 0.0833. The highest BCUT2D eigenvalue weighted by Crippen LogP contribution is 2.29. The van der Waals surface area contributed by atoms with Gasteiger partial charge in [-0.15, -0.1) is 0 Å². The average molecular weight is 341 g/mol. The number of likely N-dealkylation sites (N-methyl/N-ethyl adjacent to an activating group) is 1. The summed E-state index contributed by atoms with van der Waals surface area (Å²) in [5.74, 6) is 0.235. The second kappa shape index (κ2) is 7.30. The van der Waals surface area contributed by atoms with Crippen molar-refractivity contribution in [2.24, 2.45) is 4.99 Å². The van der Waals surface area contributed by atoms with Crippen molar-refractivity contribution < 1.29 is 9.53 Å². The van der Waals surface area contributed by atoms with Crippen LogP contribution in [-0.4, -0.2) is 42.5 Å². The van der Waals surface area contributed by atoms with E-state index in [0.717, 1.165) is 25.1 Å². The first-order chi connectivity index (χ1) is 12.0. The summed E-state index contributed by atoms with van der Waals surface area (Å²) in [6, 6.07) is 6.88. The summed E-state index contributed by atoms with van der Waals surface area (Å²) in [6.45, 7) is 10.8. The molecule has 134 valence electrons. The zero-order valence-corrected chi connectivity index (χ0v) is 15.6. The molecule has 1 fully saturated rings. The van der Waals surface area contributed by atoms with Crippen LogP contribution in [0, 0.1) is 0 Å². The lowest BCUT2D eigenvalue weighted by atomic mass is 9.99. The largest absolute Gasteiger partial charge is 0.420 e. The lowest BCUT2D eigenvalue weighted by Gasteiger charge is -2.30. The normalized spacial score (nSPS) is 20.6. The third-order valence-electron chi connectivity index (χ3n) is 4.57. The van der Waals surface area contributed by atoms with Gasteiger partial charge in [0.2, 0.25) is 0 Å². The van der Waals surface area contributed by atoms with Crippen LogP contribution in [0.2, 0.25) is 0 Å². The molecule has 0 saturated carbocycles. The van der Waals surface area contributed by atoms with Gasteiger partial charge in [0.25, 0.3) is 5.91 Å². The summed E-state index contributed by atoms with van der Waals surface area (Å²) in [7, 11) is 0. The Labute approximate surface area is 150 Å². The first kappa shape index (κ1) is 17.5. The lowest BCUT2D eigenvalue weighted by molar-refractivity contribution is -0.122. The molecule has 0 spiro atoms. The number of carbonyl (C=O) groups is 1. The van der Waals surface area contributed by atoms with Crippen molar-refractivity contribution in [3.8, 4) is 0 Å². The van der Waals surface area contributed by atoms with Crippen LogP contribution in [0.5, 0.6) is 0 Å². The van der Waals surface area contributed by atoms with Crippen molar-refractivity contribution in [3.63, 3.8) is 0 Å². The first-order valence-electron chi connectivity index (χ1n) is 9.20. The minimum Gasteiger partial charge on any atom is -0.420 e. The predicted molar refractivity (Wildman–Crippen MR) is 102 cm³/mol. The fourth-order valence-electron chi connectivity index (χ4n) is 3.37. The number of aryl methyl sites for hydroxylation is 1. The maximum absolute atomic E-state index is 12.6. The maximum Gasteiger partial charge on any atom is 0.300 e. The van der Waals surface area contributed by atoms with E-state index in [0.29, 0.717) is 18.3 Å². The molecule has 2 aliphatic heterocycles. The Morgan fingerprint density at radius 2 is 2.08 bits per heavy atom. The van der Waals surface area contributed by atoms with Crippen molar-refractivity contribution in [3.05, 3.63) is 35.1 Å². The highest BCUT2D eigenvalue weighted by Gasteiger charge is 2.33. The second-order valence-corrected chi connectivity index (χ2v) is 6.74. The van der Waals surface area contributed by atoms with Crippen LogP contribution in [0.25, 0.3) is 6.08 Å². The van der Waals surface area contributed by atoms with E-state index in [2.05, 4.69) is 35.0 Å². The second-order valence-electron chi connectivity index (χ2n) is 6.74. The quantitative estimate of drug-likeness (QED) is 0.788. The number of fused-ring (bicyclic) bond motifs is 1. The number of amidine groups is 1. The summed E-state index contributed by atoms with van der Waals surface area (Å²) in [5.41, 5.74) is 3.66. The lowest BCUT2D eigenvalue weighted by Crippen LogP contribution is -2.30. The minimum atomic E-state index is -0.116. The van der Waals surface area contributed by atoms with Crippen LogP contribution < -0.4 is 4.90 Å². The molecule has 0 aliphatic carbocycles. The van der Waals surface area contributed by atoms with E-state index in [1.54, 1.807) is 4.90 Å². The number of hydrogen-bond donors (Lipinski definition) is 0. The van der Waals surface area contributed by atoms with Gasteiger partial charge in [0.15, 0.2) is 5.76 Å². The number of hydrogen-bond acceptors (Lipinski definition) is 4. The van der Waals surface area contributed by atoms with Crippen molar-refractivity contribution in [1.82, 2.24) is 4.90 Å². The van der Waals surface area contributed by atoms with Gasteiger partial charge in [-0.25, -0.2) is 4.99 Å². The van der Waals surface area contributed by atoms with Gasteiger partial charge in [0, 0.05) is 31.4 Å². The molecular weight excluding hydrogens is 314 g/mol. The average Bonchev–Trinajstić information content (AvgIpc) is 2.88. The Balaban J connectivity index is 1.89. The molecule has 1 amide bonds. The van der Waals surface area contributed by atoms with Gasteiger partial charge in [0.1, 0.15) is 0 Å². The van der Waals surface area contributed by atoms with Crippen molar-refractivity contribution >= 4 is 23.7 Å². The molecule has 2 aliphatic rings. The smallest absolute Gasteiger partial charge is 0.300 e. The zero-order chi connectivity index (χ0) is 18.0. The number of aliphatic imine (C=N–C) groups is 1. The van der Waals surface area contributed by atoms with Gasteiger partial charge >= 0.3 is 6.02 Å². The van der Waals surface area contributed by atoms with Gasteiger partial charge in [-0.1, -0.05) is 6.07 Å². The van der Waals surface area contributed by atoms with Crippen LogP contribution in [-0.2, 0) is 16.0 Å². The van der Waals surface area contributed by atoms with Crippen LogP contribution in [0.1, 0.15) is 45.2 Å². The molecule has 0 unspecified atom stereocenters. The summed E-state index contributed by atoms with van der Waals surface area (Å²) in [4.78, 5) is 21.0. The highest BCUT2D eigenvalue weighted by atomic mass is 16.5. The summed E-state index contributed by atoms with van der Waals surface area (Å²) in [5, 5.41) is 0. The summed E-state index contributed by atoms with van der Waals surface area (Å²) < 4.78 is 5.76. The molecule has 1 saturated heterocycles. The van der Waals surface area contributed by atoms with Crippen LogP contribution in [0.15, 0.2) is 29.0 Å². The summed E-state index contributed by atoms with van der Waals surface area (Å²) >= 11 is 0. The van der Waals surface area contributed by atoms with E-state index >= 15 is 0 Å². The number of rotatable bonds is 4. The molecule has 25 heavy (non-hydrogen) atoms. The topological polar surface area (TPSA) is 45.1 Å². The Hall–Kier alpha value is -2.30. The van der Waals surface area contributed by atoms with E-state index in [-0.39, 0.29) is 11.9 Å². The summed E-state index contributed by atoms with van der Waals surface area (Å²) in [6.07, 6.45) is 4.09. The van der Waals surface area contributed by atoms with Gasteiger partial charge in [-0.05, 0) is 69.9 Å². The maximum atomic E-state index is 12.6. The Morgan fingerprint density at radius 3 is 2.76 bits per heavy atom. The van der Waals surface area contributed by atoms with E-state index in [9.17, 15) is 4.79 Å². The predicted octanol–water partition coefficient (Wildman–Crippen LogP) is 3.44. The standard InChI is InChI=1S/C20H27N3O2/c1-5-22-11-7-8-16-12-15(9-10-17(16)22)13-18-19(24)23(6-2)20(25-18)21-14(3)4/h9-10,12-14H,5-8,11H2,1-4H3/b18-13+,21-20+. The molecule has 0 atom stereocenters. The van der Waals surface area contributed by atoms with E-state index < -0.39 is 0 Å². The SMILES string of the molecule is CCN1C(=O)/C(=C\c2ccc3c(c2)CCCN3CC)O/C1=N/C(C)C. The molecule has 1 aromatic carbocycles. The number of carbonyl (C=O) groups excluding carboxylic acids is 1. The Morgan fingerprint density at radius 1 is 1.28 bits per heavy atom. The van der Waals surface area contributed by atoms with Crippen molar-refractivity contribution in [2.45, 2.75) is 46.6 Å². The third-order valence-corrected chi connectivity index (χ3v) is 4.57. The van der Waals surface area contributed by atoms with E-state index in [1.165, 1.54) is 17.7 Å². The Bertz CT molecular complexity index is 722. The van der Waals surface area contributed by atoms with E-state index in [4.69, 9.17) is 4.74 Å². The molecule has 0 bridgehead atoms.